The lowest BCUT2D eigenvalue weighted by Gasteiger charge is -2.45. The summed E-state index contributed by atoms with van der Waals surface area (Å²) < 4.78 is 12.6. The van der Waals surface area contributed by atoms with Gasteiger partial charge in [-0.15, -0.1) is 0 Å². The molecule has 1 fully saturated rings. The number of fused-ring (bicyclic) bond motifs is 1. The molecule has 1 saturated heterocycles. The first-order valence-electron chi connectivity index (χ1n) is 11.2. The lowest BCUT2D eigenvalue weighted by molar-refractivity contribution is -0.385. The molecule has 0 spiro atoms. The summed E-state index contributed by atoms with van der Waals surface area (Å²) in [4.78, 5) is 4.40. The third kappa shape index (κ3) is 4.30. The third-order valence-corrected chi connectivity index (χ3v) is 6.25. The number of nitrogens with zero attached hydrogens (tertiary/aromatic N) is 2. The Labute approximate surface area is 201 Å². The van der Waals surface area contributed by atoms with Crippen LogP contribution < -0.4 is 4.74 Å². The molecule has 1 aliphatic rings. The molecule has 4 aromatic rings. The molecule has 0 radical (unpaired) electrons. The van der Waals surface area contributed by atoms with Crippen LogP contribution in [0.5, 0.6) is 5.75 Å². The Morgan fingerprint density at radius 1 is 0.914 bits per heavy atom. The van der Waals surface area contributed by atoms with Crippen LogP contribution in [-0.2, 0) is 11.3 Å². The van der Waals surface area contributed by atoms with Crippen LogP contribution in [0.15, 0.2) is 79.1 Å². The molecule has 5 N–H and O–H groups in total. The topological polar surface area (TPSA) is 137 Å². The van der Waals surface area contributed by atoms with Gasteiger partial charge in [0.1, 0.15) is 23.5 Å². The van der Waals surface area contributed by atoms with Crippen LogP contribution in [0.3, 0.4) is 0 Å². The number of aliphatic hydroxyl groups excluding tert-OH is 4. The molecule has 0 amide bonds. The molecule has 3 aromatic carbocycles. The maximum Gasteiger partial charge on any atom is 0.288 e. The van der Waals surface area contributed by atoms with Crippen LogP contribution in [0, 0.1) is 0 Å². The van der Waals surface area contributed by atoms with E-state index in [9.17, 15) is 25.5 Å². The second kappa shape index (κ2) is 9.38. The van der Waals surface area contributed by atoms with Crippen molar-refractivity contribution in [3.63, 3.8) is 0 Å². The Bertz CT molecular complexity index is 1290. The molecular formula is C26H26N2O7. The van der Waals surface area contributed by atoms with Gasteiger partial charge in [-0.1, -0.05) is 60.7 Å². The van der Waals surface area contributed by atoms with E-state index < -0.39 is 37.0 Å². The Balaban J connectivity index is 1.43. The molecule has 0 unspecified atom stereocenters. The van der Waals surface area contributed by atoms with Crippen LogP contribution in [-0.4, -0.2) is 72.1 Å². The summed E-state index contributed by atoms with van der Waals surface area (Å²) in [6.45, 7) is -0.210. The lowest BCUT2D eigenvalue weighted by Crippen LogP contribution is -2.69. The molecule has 5 atom stereocenters. The first-order valence-corrected chi connectivity index (χ1v) is 11.2. The van der Waals surface area contributed by atoms with Gasteiger partial charge in [-0.2, -0.15) is 0 Å². The SMILES string of the molecule is OC[C@@H]1O[C@@H](O)[C@](O)(Oc2cccc3ncn(Cc4ccc(-c5ccccc5)cc4)c23)[C@H](O)[C@H]1O. The summed E-state index contributed by atoms with van der Waals surface area (Å²) in [7, 11) is 0. The Hall–Kier alpha value is -3.31. The standard InChI is InChI=1S/C26H26N2O7/c29-14-21-23(30)24(31)26(33,25(32)34-21)35-20-8-4-7-19-22(20)28(15-27-19)13-16-9-11-18(12-10-16)17-5-2-1-3-6-17/h1-12,15,21,23-25,29-33H,13-14H2/t21-,23-,24+,25+,26+/m0/s1. The molecule has 2 heterocycles. The van der Waals surface area contributed by atoms with Crippen LogP contribution in [0.1, 0.15) is 5.56 Å². The zero-order valence-electron chi connectivity index (χ0n) is 18.7. The van der Waals surface area contributed by atoms with E-state index in [1.165, 1.54) is 0 Å². The van der Waals surface area contributed by atoms with E-state index in [1.807, 2.05) is 59.2 Å². The van der Waals surface area contributed by atoms with Gasteiger partial charge < -0.3 is 39.6 Å². The van der Waals surface area contributed by atoms with Crippen molar-refractivity contribution in [3.8, 4) is 16.9 Å². The van der Waals surface area contributed by atoms with Crippen molar-refractivity contribution in [1.29, 1.82) is 0 Å². The molecule has 1 aliphatic heterocycles. The van der Waals surface area contributed by atoms with Gasteiger partial charge in [0, 0.05) is 6.54 Å². The zero-order chi connectivity index (χ0) is 24.6. The van der Waals surface area contributed by atoms with Crippen LogP contribution in [0.4, 0.5) is 0 Å². The van der Waals surface area contributed by atoms with Crippen molar-refractivity contribution in [3.05, 3.63) is 84.7 Å². The molecule has 182 valence electrons. The number of hydrogen-bond donors (Lipinski definition) is 5. The van der Waals surface area contributed by atoms with E-state index in [-0.39, 0.29) is 5.75 Å². The third-order valence-electron chi connectivity index (χ3n) is 6.25. The zero-order valence-corrected chi connectivity index (χ0v) is 18.7. The minimum absolute atomic E-state index is 0.125. The fourth-order valence-electron chi connectivity index (χ4n) is 4.30. The number of imidazole rings is 1. The van der Waals surface area contributed by atoms with Crippen molar-refractivity contribution in [1.82, 2.24) is 9.55 Å². The molecule has 5 rings (SSSR count). The van der Waals surface area contributed by atoms with Gasteiger partial charge in [-0.05, 0) is 28.8 Å². The van der Waals surface area contributed by atoms with Gasteiger partial charge >= 0.3 is 0 Å². The first kappa shape index (κ1) is 23.4. The molecule has 1 aromatic heterocycles. The monoisotopic (exact) mass is 478 g/mol. The van der Waals surface area contributed by atoms with Crippen LogP contribution in [0.2, 0.25) is 0 Å². The molecule has 35 heavy (non-hydrogen) atoms. The van der Waals surface area contributed by atoms with Gasteiger partial charge in [0.15, 0.2) is 6.10 Å². The van der Waals surface area contributed by atoms with Gasteiger partial charge in [-0.3, -0.25) is 0 Å². The largest absolute Gasteiger partial charge is 0.452 e. The number of ether oxygens (including phenoxy) is 2. The summed E-state index contributed by atoms with van der Waals surface area (Å²) >= 11 is 0. The highest BCUT2D eigenvalue weighted by Gasteiger charge is 2.57. The Morgan fingerprint density at radius 3 is 2.34 bits per heavy atom. The number of para-hydroxylation sites is 1. The van der Waals surface area contributed by atoms with Crippen molar-refractivity contribution < 1.29 is 35.0 Å². The highest BCUT2D eigenvalue weighted by molar-refractivity contribution is 5.82. The van der Waals surface area contributed by atoms with Crippen LogP contribution >= 0.6 is 0 Å². The highest BCUT2D eigenvalue weighted by Crippen LogP contribution is 2.35. The lowest BCUT2D eigenvalue weighted by atomic mass is 9.96. The maximum atomic E-state index is 10.9. The van der Waals surface area contributed by atoms with Crippen molar-refractivity contribution >= 4 is 11.0 Å². The minimum atomic E-state index is -2.67. The van der Waals surface area contributed by atoms with E-state index in [1.54, 1.807) is 24.5 Å². The molecule has 0 saturated carbocycles. The predicted octanol–water partition coefficient (Wildman–Crippen LogP) is 1.25. The number of benzene rings is 3. The van der Waals surface area contributed by atoms with Gasteiger partial charge in [0.25, 0.3) is 5.79 Å². The van der Waals surface area contributed by atoms with Crippen molar-refractivity contribution in [2.75, 3.05) is 6.61 Å². The van der Waals surface area contributed by atoms with Crippen molar-refractivity contribution in [2.24, 2.45) is 0 Å². The van der Waals surface area contributed by atoms with E-state index in [0.717, 1.165) is 16.7 Å². The molecule has 0 aliphatic carbocycles. The highest BCUT2D eigenvalue weighted by atomic mass is 16.7. The number of aromatic nitrogens is 2. The average Bonchev–Trinajstić information content (AvgIpc) is 3.30. The summed E-state index contributed by atoms with van der Waals surface area (Å²) in [5, 5.41) is 51.2. The Morgan fingerprint density at radius 2 is 1.63 bits per heavy atom. The van der Waals surface area contributed by atoms with Gasteiger partial charge in [-0.25, -0.2) is 4.98 Å². The van der Waals surface area contributed by atoms with E-state index in [2.05, 4.69) is 4.98 Å². The number of rotatable bonds is 6. The summed E-state index contributed by atoms with van der Waals surface area (Å²) in [6.07, 6.45) is -5.28. The second-order valence-corrected chi connectivity index (χ2v) is 8.56. The quantitative estimate of drug-likeness (QED) is 0.261. The van der Waals surface area contributed by atoms with Gasteiger partial charge in [0.2, 0.25) is 6.29 Å². The number of hydrogen-bond acceptors (Lipinski definition) is 8. The summed E-state index contributed by atoms with van der Waals surface area (Å²) in [6, 6.07) is 23.1. The fraction of sp³-hybridized carbons (Fsp3) is 0.269. The predicted molar refractivity (Wildman–Crippen MR) is 126 cm³/mol. The maximum absolute atomic E-state index is 10.9. The molecule has 9 heteroatoms. The van der Waals surface area contributed by atoms with Crippen LogP contribution in [0.25, 0.3) is 22.2 Å². The molecule has 9 nitrogen and oxygen atoms in total. The average molecular weight is 479 g/mol. The van der Waals surface area contributed by atoms with E-state index in [4.69, 9.17) is 9.47 Å². The van der Waals surface area contributed by atoms with Crippen molar-refractivity contribution in [2.45, 2.75) is 36.9 Å². The van der Waals surface area contributed by atoms with Gasteiger partial charge in [0.05, 0.1) is 18.5 Å². The fourth-order valence-corrected chi connectivity index (χ4v) is 4.30. The molecule has 0 bridgehead atoms. The molecular weight excluding hydrogens is 452 g/mol. The summed E-state index contributed by atoms with van der Waals surface area (Å²) in [5.41, 5.74) is 4.30. The minimum Gasteiger partial charge on any atom is -0.452 e. The van der Waals surface area contributed by atoms with E-state index >= 15 is 0 Å². The summed E-state index contributed by atoms with van der Waals surface area (Å²) in [5.74, 6) is -2.55. The second-order valence-electron chi connectivity index (χ2n) is 8.56. The first-order chi connectivity index (χ1) is 16.9. The number of aliphatic hydroxyl groups is 5. The normalized spacial score (nSPS) is 26.7. The smallest absolute Gasteiger partial charge is 0.288 e. The van der Waals surface area contributed by atoms with E-state index in [0.29, 0.717) is 17.6 Å². The Kier molecular flexibility index (Phi) is 6.28.